The van der Waals surface area contributed by atoms with Gasteiger partial charge in [0.05, 0.1) is 5.60 Å². The molecule has 1 aliphatic carbocycles. The topological polar surface area (TPSA) is 38.3 Å². The van der Waals surface area contributed by atoms with Gasteiger partial charge in [-0.3, -0.25) is 4.79 Å². The Morgan fingerprint density at radius 1 is 1.03 bits per heavy atom. The van der Waals surface area contributed by atoms with Crippen LogP contribution in [0, 0.1) is 11.6 Å². The highest BCUT2D eigenvalue weighted by Gasteiger charge is 2.36. The van der Waals surface area contributed by atoms with Crippen LogP contribution in [0.5, 0.6) is 0 Å². The van der Waals surface area contributed by atoms with E-state index in [0.717, 1.165) is 44.2 Å². The third-order valence-corrected chi connectivity index (χ3v) is 5.73. The predicted octanol–water partition coefficient (Wildman–Crippen LogP) is 5.42. The number of rotatable bonds is 8. The summed E-state index contributed by atoms with van der Waals surface area (Å²) < 4.78 is 32.0. The van der Waals surface area contributed by atoms with Crippen LogP contribution < -0.4 is 5.32 Å². The van der Waals surface area contributed by atoms with Gasteiger partial charge in [0.2, 0.25) is 0 Å². The zero-order valence-electron chi connectivity index (χ0n) is 16.6. The molecule has 0 radical (unpaired) electrons. The molecule has 0 atom stereocenters. The number of Topliss-reactive ketones (excluding diaryl/α,β-unsaturated/α-hetero) is 1. The largest absolute Gasteiger partial charge is 0.374 e. The lowest BCUT2D eigenvalue weighted by Crippen LogP contribution is -2.41. The number of hydrogen-bond donors (Lipinski definition) is 1. The Morgan fingerprint density at radius 3 is 2.14 bits per heavy atom. The number of carbonyl (C=O) groups excluding carboxylic acids is 1. The number of hydrogen-bond acceptors (Lipinski definition) is 3. The van der Waals surface area contributed by atoms with Crippen LogP contribution in [0.15, 0.2) is 48.5 Å². The number of nitrogens with one attached hydrogen (secondary N) is 1. The monoisotopic (exact) mass is 423 g/mol. The normalized spacial score (nSPS) is 21.4. The van der Waals surface area contributed by atoms with Crippen LogP contribution >= 0.6 is 12.4 Å². The lowest BCUT2D eigenvalue weighted by molar-refractivity contribution is -0.0500. The molecule has 3 rings (SSSR count). The van der Waals surface area contributed by atoms with Gasteiger partial charge in [-0.15, -0.1) is 12.4 Å². The Morgan fingerprint density at radius 2 is 1.59 bits per heavy atom. The number of benzene rings is 2. The standard InChI is InChI=1S/C23H27F2NO2.ClH/c1-28-23(18-6-10-20(25)11-7-18)14-12-21(13-15-23)26-16-2-3-22(27)17-4-8-19(24)9-5-17;/h4-11,21,26H,2-3,12-16H2,1H3;1H/t21-,23-;. The quantitative estimate of drug-likeness (QED) is 0.455. The summed E-state index contributed by atoms with van der Waals surface area (Å²) in [6.45, 7) is 0.772. The summed E-state index contributed by atoms with van der Waals surface area (Å²) in [6, 6.07) is 12.7. The zero-order chi connectivity index (χ0) is 20.0. The number of methoxy groups -OCH3 is 1. The van der Waals surface area contributed by atoms with E-state index in [9.17, 15) is 13.6 Å². The highest BCUT2D eigenvalue weighted by molar-refractivity contribution is 5.95. The summed E-state index contributed by atoms with van der Waals surface area (Å²) in [4.78, 5) is 12.1. The zero-order valence-corrected chi connectivity index (χ0v) is 17.4. The molecule has 1 aliphatic rings. The number of ketones is 1. The minimum absolute atomic E-state index is 0. The van der Waals surface area contributed by atoms with Gasteiger partial charge in [0.15, 0.2) is 5.78 Å². The van der Waals surface area contributed by atoms with Crippen molar-refractivity contribution in [3.05, 3.63) is 71.3 Å². The Balaban J connectivity index is 0.00000300. The van der Waals surface area contributed by atoms with Crippen molar-refractivity contribution in [1.82, 2.24) is 5.32 Å². The SMILES string of the molecule is CO[C@]1(c2ccc(F)cc2)CC[C@@H](NCCCC(=O)c2ccc(F)cc2)CC1.Cl. The van der Waals surface area contributed by atoms with E-state index in [2.05, 4.69) is 5.32 Å². The van der Waals surface area contributed by atoms with Gasteiger partial charge in [0.25, 0.3) is 0 Å². The van der Waals surface area contributed by atoms with E-state index < -0.39 is 0 Å². The summed E-state index contributed by atoms with van der Waals surface area (Å²) >= 11 is 0. The van der Waals surface area contributed by atoms with Crippen LogP contribution in [0.4, 0.5) is 8.78 Å². The fourth-order valence-corrected chi connectivity index (χ4v) is 3.99. The van der Waals surface area contributed by atoms with E-state index in [1.165, 1.54) is 36.4 Å². The average molecular weight is 424 g/mol. The molecule has 1 N–H and O–H groups in total. The van der Waals surface area contributed by atoms with Gasteiger partial charge >= 0.3 is 0 Å². The lowest BCUT2D eigenvalue weighted by Gasteiger charge is -2.40. The molecule has 158 valence electrons. The van der Waals surface area contributed by atoms with E-state index >= 15 is 0 Å². The van der Waals surface area contributed by atoms with Crippen molar-refractivity contribution in [2.45, 2.75) is 50.2 Å². The maximum absolute atomic E-state index is 13.2. The first-order valence-electron chi connectivity index (χ1n) is 9.86. The van der Waals surface area contributed by atoms with Gasteiger partial charge in [0.1, 0.15) is 11.6 Å². The van der Waals surface area contributed by atoms with Crippen LogP contribution in [0.1, 0.15) is 54.4 Å². The fourth-order valence-electron chi connectivity index (χ4n) is 3.99. The Kier molecular flexibility index (Phi) is 8.75. The molecule has 6 heteroatoms. The van der Waals surface area contributed by atoms with Crippen LogP contribution in [-0.4, -0.2) is 25.5 Å². The second-order valence-electron chi connectivity index (χ2n) is 7.47. The molecule has 0 heterocycles. The second kappa shape index (κ2) is 10.8. The van der Waals surface area contributed by atoms with Crippen LogP contribution in [0.3, 0.4) is 0 Å². The first-order valence-corrected chi connectivity index (χ1v) is 9.86. The van der Waals surface area contributed by atoms with Crippen molar-refractivity contribution in [1.29, 1.82) is 0 Å². The molecule has 0 spiro atoms. The van der Waals surface area contributed by atoms with Gasteiger partial charge in [-0.2, -0.15) is 0 Å². The minimum atomic E-state index is -0.343. The molecule has 0 amide bonds. The summed E-state index contributed by atoms with van der Waals surface area (Å²) in [5, 5.41) is 3.53. The highest BCUT2D eigenvalue weighted by Crippen LogP contribution is 2.40. The van der Waals surface area contributed by atoms with Gasteiger partial charge in [-0.1, -0.05) is 12.1 Å². The van der Waals surface area contributed by atoms with Gasteiger partial charge in [-0.05, 0) is 80.6 Å². The van der Waals surface area contributed by atoms with Crippen LogP contribution in [0.2, 0.25) is 0 Å². The van der Waals surface area contributed by atoms with Crippen molar-refractivity contribution in [2.24, 2.45) is 0 Å². The summed E-state index contributed by atoms with van der Waals surface area (Å²) in [7, 11) is 1.72. The van der Waals surface area contributed by atoms with E-state index in [4.69, 9.17) is 4.74 Å². The van der Waals surface area contributed by atoms with Crippen molar-refractivity contribution < 1.29 is 18.3 Å². The Labute approximate surface area is 177 Å². The molecule has 29 heavy (non-hydrogen) atoms. The van der Waals surface area contributed by atoms with Crippen LogP contribution in [-0.2, 0) is 10.3 Å². The number of halogens is 3. The molecule has 0 aliphatic heterocycles. The van der Waals surface area contributed by atoms with Gasteiger partial charge < -0.3 is 10.1 Å². The van der Waals surface area contributed by atoms with Crippen molar-refractivity contribution in [3.63, 3.8) is 0 Å². The van der Waals surface area contributed by atoms with E-state index in [0.29, 0.717) is 18.0 Å². The lowest BCUT2D eigenvalue weighted by atomic mass is 9.77. The minimum Gasteiger partial charge on any atom is -0.374 e. The van der Waals surface area contributed by atoms with Crippen molar-refractivity contribution >= 4 is 18.2 Å². The third kappa shape index (κ3) is 6.08. The molecule has 2 aromatic rings. The van der Waals surface area contributed by atoms with E-state index in [-0.39, 0.29) is 35.4 Å². The average Bonchev–Trinajstić information content (AvgIpc) is 2.72. The maximum Gasteiger partial charge on any atom is 0.162 e. The molecule has 2 aromatic carbocycles. The maximum atomic E-state index is 13.2. The molecule has 0 bridgehead atoms. The molecule has 0 aromatic heterocycles. The Hall–Kier alpha value is -1.82. The molecular formula is C23H28ClF2NO2. The molecule has 1 fully saturated rings. The molecule has 3 nitrogen and oxygen atoms in total. The summed E-state index contributed by atoms with van der Waals surface area (Å²) in [6.07, 6.45) is 4.89. The molecule has 0 unspecified atom stereocenters. The van der Waals surface area contributed by atoms with Gasteiger partial charge in [0, 0.05) is 25.1 Å². The Bertz CT molecular complexity index is 772. The summed E-state index contributed by atoms with van der Waals surface area (Å²) in [5.74, 6) is -0.524. The van der Waals surface area contributed by atoms with Crippen LogP contribution in [0.25, 0.3) is 0 Å². The molecule has 0 saturated heterocycles. The first-order chi connectivity index (χ1) is 13.5. The summed E-state index contributed by atoms with van der Waals surface area (Å²) in [5.41, 5.74) is 1.24. The highest BCUT2D eigenvalue weighted by atomic mass is 35.5. The fraction of sp³-hybridized carbons (Fsp3) is 0.435. The van der Waals surface area contributed by atoms with Gasteiger partial charge in [-0.25, -0.2) is 8.78 Å². The van der Waals surface area contributed by atoms with E-state index in [1.54, 1.807) is 7.11 Å². The van der Waals surface area contributed by atoms with Crippen molar-refractivity contribution in [3.8, 4) is 0 Å². The predicted molar refractivity (Wildman–Crippen MR) is 113 cm³/mol. The van der Waals surface area contributed by atoms with E-state index in [1.807, 2.05) is 12.1 Å². The smallest absolute Gasteiger partial charge is 0.162 e. The molecular weight excluding hydrogens is 396 g/mol. The number of ether oxygens (including phenoxy) is 1. The van der Waals surface area contributed by atoms with Crippen molar-refractivity contribution in [2.75, 3.05) is 13.7 Å². The second-order valence-corrected chi connectivity index (χ2v) is 7.47. The first kappa shape index (κ1) is 23.5. The third-order valence-electron chi connectivity index (χ3n) is 5.73. The number of carbonyl (C=O) groups is 1. The molecule has 1 saturated carbocycles.